The number of aromatic nitrogens is 2. The highest BCUT2D eigenvalue weighted by Gasteiger charge is 2.40. The van der Waals surface area contributed by atoms with Crippen LogP contribution in [0.5, 0.6) is 0 Å². The van der Waals surface area contributed by atoms with Crippen LogP contribution in [-0.2, 0) is 16.0 Å². The quantitative estimate of drug-likeness (QED) is 0.539. The third-order valence-electron chi connectivity index (χ3n) is 4.32. The Morgan fingerprint density at radius 2 is 1.67 bits per heavy atom. The Morgan fingerprint density at radius 3 is 2.13 bits per heavy atom. The summed E-state index contributed by atoms with van der Waals surface area (Å²) in [5.74, 6) is -2.24. The Kier molecular flexibility index (Phi) is 5.55. The highest BCUT2D eigenvalue weighted by atomic mass is 35.5. The fraction of sp³-hybridized carbons (Fsp3) is 0.200. The van der Waals surface area contributed by atoms with Gasteiger partial charge < -0.3 is 0 Å². The van der Waals surface area contributed by atoms with Crippen LogP contribution < -0.4 is 0 Å². The monoisotopic (exact) mass is 456 g/mol. The van der Waals surface area contributed by atoms with Crippen LogP contribution in [0.2, 0.25) is 5.02 Å². The molecule has 0 saturated carbocycles. The molecule has 0 fully saturated rings. The molecule has 0 atom stereocenters. The Balaban J connectivity index is 2.38. The number of sulfone groups is 1. The van der Waals surface area contributed by atoms with Crippen LogP contribution in [0.4, 0.5) is 13.2 Å². The van der Waals surface area contributed by atoms with E-state index in [9.17, 15) is 26.4 Å². The SMILES string of the molecule is CC(=O)n1c(C(F)(F)F)nc(-c2ccc(S(C)(=O)=O)cc2)c1-c1cc(C)cc(Cl)c1. The molecule has 0 aliphatic rings. The molecule has 0 amide bonds. The van der Waals surface area contributed by atoms with Gasteiger partial charge in [0.05, 0.1) is 16.3 Å². The van der Waals surface area contributed by atoms with E-state index in [0.717, 1.165) is 13.2 Å². The summed E-state index contributed by atoms with van der Waals surface area (Å²) in [6.45, 7) is 2.73. The molecule has 3 aromatic rings. The molecule has 0 N–H and O–H groups in total. The molecule has 0 bridgehead atoms. The molecule has 30 heavy (non-hydrogen) atoms. The molecule has 0 radical (unpaired) electrons. The van der Waals surface area contributed by atoms with Crippen molar-refractivity contribution in [2.75, 3.05) is 6.26 Å². The average Bonchev–Trinajstić information content (AvgIpc) is 3.01. The average molecular weight is 457 g/mol. The molecular weight excluding hydrogens is 441 g/mol. The van der Waals surface area contributed by atoms with Crippen LogP contribution >= 0.6 is 11.6 Å². The normalized spacial score (nSPS) is 12.2. The summed E-state index contributed by atoms with van der Waals surface area (Å²) in [6.07, 6.45) is -3.87. The van der Waals surface area contributed by atoms with Gasteiger partial charge in [0.25, 0.3) is 0 Å². The van der Waals surface area contributed by atoms with Crippen molar-refractivity contribution in [2.24, 2.45) is 0 Å². The fourth-order valence-electron chi connectivity index (χ4n) is 3.12. The smallest absolute Gasteiger partial charge is 0.274 e. The number of alkyl halides is 3. The second-order valence-electron chi connectivity index (χ2n) is 6.80. The summed E-state index contributed by atoms with van der Waals surface area (Å²) in [7, 11) is -3.49. The molecule has 1 heterocycles. The number of carbonyl (C=O) groups is 1. The topological polar surface area (TPSA) is 69.0 Å². The zero-order valence-corrected chi connectivity index (χ0v) is 17.7. The third-order valence-corrected chi connectivity index (χ3v) is 5.66. The lowest BCUT2D eigenvalue weighted by atomic mass is 10.0. The summed E-state index contributed by atoms with van der Waals surface area (Å²) < 4.78 is 64.9. The molecule has 0 spiro atoms. The molecule has 10 heteroatoms. The summed E-state index contributed by atoms with van der Waals surface area (Å²) >= 11 is 6.09. The molecule has 0 unspecified atom stereocenters. The summed E-state index contributed by atoms with van der Waals surface area (Å²) in [5, 5.41) is 0.285. The van der Waals surface area contributed by atoms with E-state index in [2.05, 4.69) is 4.98 Å². The van der Waals surface area contributed by atoms with Gasteiger partial charge >= 0.3 is 6.18 Å². The van der Waals surface area contributed by atoms with Crippen molar-refractivity contribution >= 4 is 27.3 Å². The molecule has 0 saturated heterocycles. The Morgan fingerprint density at radius 1 is 1.07 bits per heavy atom. The number of carbonyl (C=O) groups excluding carboxylic acids is 1. The van der Waals surface area contributed by atoms with E-state index in [0.29, 0.717) is 10.1 Å². The van der Waals surface area contributed by atoms with Gasteiger partial charge in [0.1, 0.15) is 0 Å². The van der Waals surface area contributed by atoms with Crippen LogP contribution in [0.3, 0.4) is 0 Å². The zero-order valence-electron chi connectivity index (χ0n) is 16.1. The van der Waals surface area contributed by atoms with Crippen molar-refractivity contribution in [1.82, 2.24) is 9.55 Å². The lowest BCUT2D eigenvalue weighted by Crippen LogP contribution is -2.19. The summed E-state index contributed by atoms with van der Waals surface area (Å²) in [5.41, 5.74) is 0.994. The fourth-order valence-corrected chi connectivity index (χ4v) is 4.04. The van der Waals surface area contributed by atoms with Gasteiger partial charge in [0.2, 0.25) is 11.7 Å². The van der Waals surface area contributed by atoms with Crippen LogP contribution in [-0.4, -0.2) is 30.1 Å². The molecule has 1 aromatic heterocycles. The number of halogens is 4. The van der Waals surface area contributed by atoms with Crippen LogP contribution in [0, 0.1) is 6.92 Å². The Labute approximate surface area is 176 Å². The van der Waals surface area contributed by atoms with Crippen LogP contribution in [0.1, 0.15) is 23.1 Å². The standard InChI is InChI=1S/C20H16ClF3N2O3S/c1-11-8-14(10-15(21)9-11)18-17(13-4-6-16(7-5-13)30(3,28)29)25-19(20(22,23)24)26(18)12(2)27/h4-10H,1-3H3. The van der Waals surface area contributed by atoms with Gasteiger partial charge in [0.15, 0.2) is 9.84 Å². The van der Waals surface area contributed by atoms with Gasteiger partial charge in [-0.2, -0.15) is 13.2 Å². The number of nitrogens with zero attached hydrogens (tertiary/aromatic N) is 2. The summed E-state index contributed by atoms with van der Waals surface area (Å²) in [4.78, 5) is 16.0. The lowest BCUT2D eigenvalue weighted by molar-refractivity contribution is -0.146. The minimum atomic E-state index is -4.89. The number of rotatable bonds is 3. The van der Waals surface area contributed by atoms with Gasteiger partial charge in [-0.25, -0.2) is 13.4 Å². The minimum Gasteiger partial charge on any atom is -0.274 e. The van der Waals surface area contributed by atoms with Crippen LogP contribution in [0.15, 0.2) is 47.4 Å². The van der Waals surface area contributed by atoms with Crippen molar-refractivity contribution in [2.45, 2.75) is 24.9 Å². The Bertz CT molecular complexity index is 1230. The maximum atomic E-state index is 13.7. The first-order valence-corrected chi connectivity index (χ1v) is 10.8. The van der Waals surface area contributed by atoms with Crippen molar-refractivity contribution in [3.05, 3.63) is 58.9 Å². The molecular formula is C20H16ClF3N2O3S. The first-order chi connectivity index (χ1) is 13.8. The van der Waals surface area contributed by atoms with Crippen molar-refractivity contribution < 1.29 is 26.4 Å². The van der Waals surface area contributed by atoms with E-state index in [1.54, 1.807) is 19.1 Å². The molecule has 158 valence electrons. The first-order valence-electron chi connectivity index (χ1n) is 8.58. The van der Waals surface area contributed by atoms with E-state index in [1.807, 2.05) is 0 Å². The predicted octanol–water partition coefficient (Wildman–Crippen LogP) is 5.26. The van der Waals surface area contributed by atoms with Gasteiger partial charge in [-0.3, -0.25) is 9.36 Å². The van der Waals surface area contributed by atoms with E-state index in [4.69, 9.17) is 11.6 Å². The maximum Gasteiger partial charge on any atom is 0.450 e. The lowest BCUT2D eigenvalue weighted by Gasteiger charge is -2.12. The minimum absolute atomic E-state index is 0.00782. The van der Waals surface area contributed by atoms with E-state index < -0.39 is 27.7 Å². The molecule has 0 aliphatic carbocycles. The number of hydrogen-bond donors (Lipinski definition) is 0. The molecule has 0 aliphatic heterocycles. The Hall–Kier alpha value is -2.65. The number of hydrogen-bond acceptors (Lipinski definition) is 4. The second kappa shape index (κ2) is 7.55. The third kappa shape index (κ3) is 4.27. The van der Waals surface area contributed by atoms with Crippen molar-refractivity contribution in [3.63, 3.8) is 0 Å². The molecule has 2 aromatic carbocycles. The van der Waals surface area contributed by atoms with E-state index in [1.165, 1.54) is 30.3 Å². The number of imidazole rings is 1. The largest absolute Gasteiger partial charge is 0.450 e. The summed E-state index contributed by atoms with van der Waals surface area (Å²) in [6, 6.07) is 9.92. The molecule has 3 rings (SSSR count). The number of benzene rings is 2. The van der Waals surface area contributed by atoms with Crippen LogP contribution in [0.25, 0.3) is 22.5 Å². The molecule has 5 nitrogen and oxygen atoms in total. The van der Waals surface area contributed by atoms with Gasteiger partial charge in [0, 0.05) is 29.3 Å². The van der Waals surface area contributed by atoms with E-state index in [-0.39, 0.29) is 32.4 Å². The van der Waals surface area contributed by atoms with Gasteiger partial charge in [-0.05, 0) is 42.8 Å². The number of aryl methyl sites for hydroxylation is 1. The first kappa shape index (κ1) is 22.0. The van der Waals surface area contributed by atoms with Gasteiger partial charge in [-0.1, -0.05) is 23.7 Å². The predicted molar refractivity (Wildman–Crippen MR) is 107 cm³/mol. The van der Waals surface area contributed by atoms with Gasteiger partial charge in [-0.15, -0.1) is 0 Å². The maximum absolute atomic E-state index is 13.7. The highest BCUT2D eigenvalue weighted by Crippen LogP contribution is 2.39. The van der Waals surface area contributed by atoms with E-state index >= 15 is 0 Å². The second-order valence-corrected chi connectivity index (χ2v) is 9.25. The highest BCUT2D eigenvalue weighted by molar-refractivity contribution is 7.90. The van der Waals surface area contributed by atoms with Crippen molar-refractivity contribution in [1.29, 1.82) is 0 Å². The van der Waals surface area contributed by atoms with Crippen molar-refractivity contribution in [3.8, 4) is 22.5 Å². The zero-order chi connectivity index (χ0) is 22.4.